The zero-order chi connectivity index (χ0) is 12.6. The Labute approximate surface area is 106 Å². The Kier molecular flexibility index (Phi) is 7.01. The van der Waals surface area contributed by atoms with Gasteiger partial charge in [-0.2, -0.15) is 0 Å². The van der Waals surface area contributed by atoms with Crippen molar-refractivity contribution in [3.05, 3.63) is 33.4 Å². The Morgan fingerprint density at radius 1 is 1.38 bits per heavy atom. The molecule has 1 aromatic rings. The van der Waals surface area contributed by atoms with Gasteiger partial charge in [0.1, 0.15) is 0 Å². The SMILES string of the molecule is NC(N)=NCc1cccc(I)c1.O=C(O)O. The predicted molar refractivity (Wildman–Crippen MR) is 69.3 cm³/mol. The van der Waals surface area contributed by atoms with Crippen LogP contribution in [0.2, 0.25) is 0 Å². The second kappa shape index (κ2) is 7.74. The first-order valence-corrected chi connectivity index (χ1v) is 5.21. The molecule has 1 rings (SSSR count). The molecule has 0 fully saturated rings. The van der Waals surface area contributed by atoms with Crippen molar-refractivity contribution in [1.29, 1.82) is 0 Å². The maximum Gasteiger partial charge on any atom is 0.503 e. The van der Waals surface area contributed by atoms with E-state index < -0.39 is 6.16 Å². The summed E-state index contributed by atoms with van der Waals surface area (Å²) in [6, 6.07) is 8.06. The van der Waals surface area contributed by atoms with Gasteiger partial charge in [-0.1, -0.05) is 12.1 Å². The molecule has 0 saturated carbocycles. The summed E-state index contributed by atoms with van der Waals surface area (Å²) >= 11 is 2.25. The van der Waals surface area contributed by atoms with Crippen LogP contribution in [0.5, 0.6) is 0 Å². The molecule has 0 heterocycles. The highest BCUT2D eigenvalue weighted by molar-refractivity contribution is 14.1. The second-order valence-corrected chi connectivity index (χ2v) is 3.90. The molecule has 0 saturated heterocycles. The quantitative estimate of drug-likeness (QED) is 0.368. The molecule has 16 heavy (non-hydrogen) atoms. The summed E-state index contributed by atoms with van der Waals surface area (Å²) in [7, 11) is 0. The number of nitrogens with zero attached hydrogens (tertiary/aromatic N) is 1. The van der Waals surface area contributed by atoms with Gasteiger partial charge in [0.25, 0.3) is 0 Å². The molecule has 1 aromatic carbocycles. The van der Waals surface area contributed by atoms with Crippen molar-refractivity contribution in [2.75, 3.05) is 0 Å². The van der Waals surface area contributed by atoms with E-state index >= 15 is 0 Å². The van der Waals surface area contributed by atoms with E-state index in [2.05, 4.69) is 27.6 Å². The highest BCUT2D eigenvalue weighted by Crippen LogP contribution is 2.08. The number of aliphatic imine (C=N–C) groups is 1. The second-order valence-electron chi connectivity index (χ2n) is 2.65. The van der Waals surface area contributed by atoms with Gasteiger partial charge >= 0.3 is 6.16 Å². The Balaban J connectivity index is 0.000000487. The van der Waals surface area contributed by atoms with Crippen LogP contribution in [0.3, 0.4) is 0 Å². The van der Waals surface area contributed by atoms with Gasteiger partial charge in [0.15, 0.2) is 5.96 Å². The van der Waals surface area contributed by atoms with Gasteiger partial charge in [0.05, 0.1) is 6.54 Å². The number of guanidine groups is 1. The third-order valence-electron chi connectivity index (χ3n) is 1.33. The number of carbonyl (C=O) groups is 1. The molecule has 0 aromatic heterocycles. The van der Waals surface area contributed by atoms with Crippen molar-refractivity contribution in [2.24, 2.45) is 16.5 Å². The zero-order valence-electron chi connectivity index (χ0n) is 8.30. The van der Waals surface area contributed by atoms with Crippen LogP contribution in [0.4, 0.5) is 4.79 Å². The monoisotopic (exact) mass is 337 g/mol. The van der Waals surface area contributed by atoms with Crippen molar-refractivity contribution < 1.29 is 15.0 Å². The molecule has 0 aliphatic carbocycles. The summed E-state index contributed by atoms with van der Waals surface area (Å²) in [5, 5.41) is 13.9. The zero-order valence-corrected chi connectivity index (χ0v) is 10.5. The van der Waals surface area contributed by atoms with Crippen LogP contribution >= 0.6 is 22.6 Å². The molecule has 0 spiro atoms. The van der Waals surface area contributed by atoms with E-state index in [4.69, 9.17) is 26.5 Å². The average Bonchev–Trinajstić information content (AvgIpc) is 2.14. The fraction of sp³-hybridized carbons (Fsp3) is 0.111. The van der Waals surface area contributed by atoms with Gasteiger partial charge in [-0.25, -0.2) is 9.79 Å². The average molecular weight is 337 g/mol. The highest BCUT2D eigenvalue weighted by Gasteiger charge is 1.91. The fourth-order valence-corrected chi connectivity index (χ4v) is 1.43. The molecular formula is C9H12IN3O3. The van der Waals surface area contributed by atoms with Crippen molar-refractivity contribution in [3.63, 3.8) is 0 Å². The lowest BCUT2D eigenvalue weighted by Crippen LogP contribution is -2.22. The van der Waals surface area contributed by atoms with Gasteiger partial charge < -0.3 is 21.7 Å². The Morgan fingerprint density at radius 3 is 2.38 bits per heavy atom. The molecule has 0 amide bonds. The van der Waals surface area contributed by atoms with Crippen LogP contribution in [-0.4, -0.2) is 22.3 Å². The molecule has 6 N–H and O–H groups in total. The molecule has 0 atom stereocenters. The fourth-order valence-electron chi connectivity index (χ4n) is 0.818. The van der Waals surface area contributed by atoms with Crippen LogP contribution in [0.15, 0.2) is 29.3 Å². The number of nitrogens with two attached hydrogens (primary N) is 2. The minimum absolute atomic E-state index is 0.133. The van der Waals surface area contributed by atoms with Crippen LogP contribution in [0.25, 0.3) is 0 Å². The minimum atomic E-state index is -1.83. The number of rotatable bonds is 2. The Bertz CT molecular complexity index is 374. The van der Waals surface area contributed by atoms with Crippen LogP contribution in [0, 0.1) is 3.57 Å². The largest absolute Gasteiger partial charge is 0.503 e. The van der Waals surface area contributed by atoms with E-state index in [-0.39, 0.29) is 5.96 Å². The smallest absolute Gasteiger partial charge is 0.450 e. The predicted octanol–water partition coefficient (Wildman–Crippen LogP) is 1.29. The van der Waals surface area contributed by atoms with Crippen molar-refractivity contribution in [3.8, 4) is 0 Å². The van der Waals surface area contributed by atoms with Gasteiger partial charge in [-0.05, 0) is 40.3 Å². The van der Waals surface area contributed by atoms with E-state index in [0.29, 0.717) is 6.54 Å². The summed E-state index contributed by atoms with van der Waals surface area (Å²) in [6.45, 7) is 0.555. The topological polar surface area (TPSA) is 122 Å². The molecule has 0 radical (unpaired) electrons. The molecule has 6 nitrogen and oxygen atoms in total. The van der Waals surface area contributed by atoms with Crippen molar-refractivity contribution in [1.82, 2.24) is 0 Å². The third-order valence-corrected chi connectivity index (χ3v) is 2.00. The normalized spacial score (nSPS) is 8.56. The van der Waals surface area contributed by atoms with Gasteiger partial charge in [0, 0.05) is 3.57 Å². The summed E-state index contributed by atoms with van der Waals surface area (Å²) in [4.78, 5) is 12.5. The standard InChI is InChI=1S/C8H10IN3.CH2O3/c9-7-3-1-2-6(4-7)5-12-8(10)11;2-1(3)4/h1-4H,5H2,(H4,10,11,12);(H2,2,3,4). The molecule has 7 heteroatoms. The Hall–Kier alpha value is -1.51. The minimum Gasteiger partial charge on any atom is -0.450 e. The maximum atomic E-state index is 8.56. The molecule has 0 aliphatic heterocycles. The van der Waals surface area contributed by atoms with E-state index in [1.807, 2.05) is 24.3 Å². The summed E-state index contributed by atoms with van der Waals surface area (Å²) in [5.74, 6) is 0.133. The van der Waals surface area contributed by atoms with E-state index in [1.54, 1.807) is 0 Å². The van der Waals surface area contributed by atoms with Gasteiger partial charge in [0.2, 0.25) is 0 Å². The Morgan fingerprint density at radius 2 is 1.94 bits per heavy atom. The third kappa shape index (κ3) is 9.06. The van der Waals surface area contributed by atoms with Crippen LogP contribution in [0.1, 0.15) is 5.56 Å². The lowest BCUT2D eigenvalue weighted by Gasteiger charge is -1.97. The van der Waals surface area contributed by atoms with Crippen LogP contribution < -0.4 is 11.5 Å². The van der Waals surface area contributed by atoms with Crippen LogP contribution in [-0.2, 0) is 6.54 Å². The number of carboxylic acid groups (broad SMARTS) is 2. The summed E-state index contributed by atoms with van der Waals surface area (Å²) in [6.07, 6.45) is -1.83. The molecular weight excluding hydrogens is 325 g/mol. The number of benzene rings is 1. The number of hydrogen-bond donors (Lipinski definition) is 4. The van der Waals surface area contributed by atoms with Crippen molar-refractivity contribution in [2.45, 2.75) is 6.54 Å². The molecule has 88 valence electrons. The summed E-state index contributed by atoms with van der Waals surface area (Å²) in [5.41, 5.74) is 11.5. The first kappa shape index (κ1) is 14.5. The van der Waals surface area contributed by atoms with E-state index in [0.717, 1.165) is 5.56 Å². The first-order valence-electron chi connectivity index (χ1n) is 4.13. The molecule has 0 bridgehead atoms. The maximum absolute atomic E-state index is 8.56. The lowest BCUT2D eigenvalue weighted by atomic mass is 10.2. The molecule has 0 aliphatic rings. The van der Waals surface area contributed by atoms with E-state index in [9.17, 15) is 0 Å². The lowest BCUT2D eigenvalue weighted by molar-refractivity contribution is 0.137. The van der Waals surface area contributed by atoms with Crippen molar-refractivity contribution >= 4 is 34.7 Å². The number of halogens is 1. The van der Waals surface area contributed by atoms with E-state index in [1.165, 1.54) is 3.57 Å². The first-order chi connectivity index (χ1) is 7.41. The van der Waals surface area contributed by atoms with Gasteiger partial charge in [-0.15, -0.1) is 0 Å². The number of hydrogen-bond acceptors (Lipinski definition) is 2. The van der Waals surface area contributed by atoms with Gasteiger partial charge in [-0.3, -0.25) is 0 Å². The highest BCUT2D eigenvalue weighted by atomic mass is 127. The molecule has 0 unspecified atom stereocenters. The summed E-state index contributed by atoms with van der Waals surface area (Å²) < 4.78 is 1.19.